The quantitative estimate of drug-likeness (QED) is 0.148. The van der Waals surface area contributed by atoms with Gasteiger partial charge in [0.1, 0.15) is 0 Å². The van der Waals surface area contributed by atoms with Crippen LogP contribution in [0.1, 0.15) is 0 Å². The van der Waals surface area contributed by atoms with Gasteiger partial charge in [-0.1, -0.05) is 24.3 Å². The van der Waals surface area contributed by atoms with Gasteiger partial charge in [0.25, 0.3) is 0 Å². The average Bonchev–Trinajstić information content (AvgIpc) is 2.82. The third-order valence-electron chi connectivity index (χ3n) is 3.35. The number of aromatic nitrogens is 4. The Morgan fingerprint density at radius 1 is 0.302 bits per heavy atom. The number of hydrogen-bond donors (Lipinski definition) is 0. The molecule has 0 atom stereocenters. The van der Waals surface area contributed by atoms with Crippen LogP contribution in [0.3, 0.4) is 0 Å². The maximum atomic E-state index is 8.93. The van der Waals surface area contributed by atoms with Gasteiger partial charge in [0, 0.05) is 151 Å². The molecule has 0 amide bonds. The van der Waals surface area contributed by atoms with Gasteiger partial charge < -0.3 is 151 Å². The molecule has 63 heavy (non-hydrogen) atoms. The van der Waals surface area contributed by atoms with E-state index in [0.717, 1.165) is 22.8 Å². The number of carbonyl (C=O) groups is 2. The van der Waals surface area contributed by atoms with Crippen LogP contribution in [-0.2, 0) is 281 Å². The van der Waals surface area contributed by atoms with Crippen LogP contribution >= 0.6 is 0 Å². The van der Waals surface area contributed by atoms with Crippen molar-refractivity contribution in [3.05, 3.63) is 97.6 Å². The van der Waals surface area contributed by atoms with Crippen LogP contribution < -0.4 is 10.2 Å². The van der Waals surface area contributed by atoms with Gasteiger partial charge in [-0.15, -0.1) is 0 Å². The molecule has 4 aromatic heterocycles. The molecular weight excluding hydrogens is 1520 g/mol. The Balaban J connectivity index is -0.00000000617. The van der Waals surface area contributed by atoms with E-state index in [9.17, 15) is 0 Å². The number of carbonyl (C=O) groups excluding carboxylic acids is 2. The van der Waals surface area contributed by atoms with Crippen LogP contribution in [0, 0.1) is 0 Å². The monoisotopic (exact) mass is 1560 g/mol. The van der Waals surface area contributed by atoms with Crippen molar-refractivity contribution in [1.29, 1.82) is 0 Å². The Morgan fingerprint density at radius 3 is 0.476 bits per heavy atom. The Bertz CT molecular complexity index is 955. The first-order valence-electron chi connectivity index (χ1n) is 8.65. The number of pyridine rings is 4. The summed E-state index contributed by atoms with van der Waals surface area (Å²) in [6.07, 6.45) is 7.07. The van der Waals surface area contributed by atoms with Crippen LogP contribution in [-0.4, -0.2) is 70.2 Å². The maximum absolute atomic E-state index is 8.93. The first-order chi connectivity index (χ1) is 14.6. The maximum Gasteiger partial charge on any atom is 6.00 e. The molecule has 2 radical (unpaired) electrons. The topological polar surface area (TPSA) is 826 Å². The largest absolute Gasteiger partial charge is 6.00 e. The molecule has 0 spiro atoms. The number of carboxylic acid groups (broad SMARTS) is 2. The van der Waals surface area contributed by atoms with Crippen LogP contribution in [0.15, 0.2) is 97.6 Å². The van der Waals surface area contributed by atoms with Crippen LogP contribution in [0.2, 0.25) is 0 Å². The Kier molecular flexibility index (Phi) is 636. The number of nitrogens with zero attached hydrogens (tertiary/aromatic N) is 4. The number of rotatable bonds is 2. The predicted molar refractivity (Wildman–Crippen MR) is 130 cm³/mol. The Morgan fingerprint density at radius 2 is 0.413 bits per heavy atom. The molecule has 0 fully saturated rings. The van der Waals surface area contributed by atoms with Crippen molar-refractivity contribution in [2.75, 3.05) is 0 Å². The van der Waals surface area contributed by atoms with Gasteiger partial charge >= 0.3 is 51.5 Å². The molecule has 32 nitrogen and oxygen atoms in total. The summed E-state index contributed by atoms with van der Waals surface area (Å²) in [5.74, 6) is -4.37. The van der Waals surface area contributed by atoms with Gasteiger partial charge in [0.05, 0.1) is 34.7 Å². The summed E-state index contributed by atoms with van der Waals surface area (Å²) in [5.41, 5.74) is 3.66. The number of aliphatic carboxylic acids is 2. The predicted octanol–water partition coefficient (Wildman–Crippen LogP) is -2.51. The molecule has 0 aliphatic rings. The zero-order valence-corrected chi connectivity index (χ0v) is 44.4. The van der Waals surface area contributed by atoms with Crippen molar-refractivity contribution < 1.29 is 329 Å². The fourth-order valence-electron chi connectivity index (χ4n) is 2.06. The van der Waals surface area contributed by atoms with E-state index >= 15 is 0 Å². The molecule has 41 heteroatoms. The molecule has 0 saturated carbocycles. The molecule has 7 N–H and O–H groups in total. The molecule has 0 saturated heterocycles. The molecule has 0 bridgehead atoms. The second-order valence-electron chi connectivity index (χ2n) is 5.43. The summed E-state index contributed by atoms with van der Waals surface area (Å²) in [5, 5.41) is 17.9. The molecule has 0 aliphatic carbocycles. The molecule has 0 unspecified atom stereocenters. The van der Waals surface area contributed by atoms with E-state index in [4.69, 9.17) is 19.8 Å². The first-order valence-corrected chi connectivity index (χ1v) is 8.65. The smallest absolute Gasteiger partial charge is 2.00 e. The van der Waals surface area contributed by atoms with Gasteiger partial charge in [0.2, 0.25) is 0 Å². The number of carboxylic acids is 2. The van der Waals surface area contributed by atoms with Crippen molar-refractivity contribution >= 4 is 11.9 Å². The average molecular weight is 1550 g/mol. The molecule has 4 aromatic rings. The summed E-state index contributed by atoms with van der Waals surface area (Å²) in [6, 6.07) is 23.2. The van der Waals surface area contributed by atoms with Crippen molar-refractivity contribution in [2.24, 2.45) is 0 Å². The minimum atomic E-state index is -2.19. The van der Waals surface area contributed by atoms with E-state index in [1.54, 1.807) is 24.8 Å². The summed E-state index contributed by atoms with van der Waals surface area (Å²) in [7, 11) is 0. The van der Waals surface area contributed by atoms with Crippen LogP contribution in [0.25, 0.3) is 22.8 Å². The van der Waals surface area contributed by atoms with Crippen molar-refractivity contribution in [3.63, 3.8) is 0 Å². The summed E-state index contributed by atoms with van der Waals surface area (Å²) >= 11 is 0. The fraction of sp³-hybridized carbons (Fsp3) is 0. The van der Waals surface area contributed by atoms with Crippen LogP contribution in [0.5, 0.6) is 0 Å². The Labute approximate surface area is 476 Å². The fourth-order valence-corrected chi connectivity index (χ4v) is 2.06. The number of hydrogen-bond acceptors (Lipinski definition) is 15. The Hall–Kier alpha value is 0.281. The summed E-state index contributed by atoms with van der Waals surface area (Å²) in [4.78, 5) is 34.6. The van der Waals surface area contributed by atoms with E-state index in [1.807, 2.05) is 72.8 Å². The van der Waals surface area contributed by atoms with Gasteiger partial charge in [-0.3, -0.25) is 19.9 Å². The van der Waals surface area contributed by atoms with Crippen molar-refractivity contribution in [1.82, 2.24) is 19.9 Å². The minimum Gasteiger partial charge on any atom is -2.00 e. The van der Waals surface area contributed by atoms with Gasteiger partial charge in [-0.25, -0.2) is 0 Å². The third-order valence-corrected chi connectivity index (χ3v) is 3.35. The third kappa shape index (κ3) is 115. The van der Waals surface area contributed by atoms with E-state index in [0.29, 0.717) is 0 Å². The van der Waals surface area contributed by atoms with Crippen molar-refractivity contribution in [2.45, 2.75) is 0 Å². The molecule has 396 valence electrons. The van der Waals surface area contributed by atoms with E-state index in [2.05, 4.69) is 19.9 Å². The first kappa shape index (κ1) is 251. The molecule has 0 aliphatic heterocycles. The zero-order valence-electron chi connectivity index (χ0n) is 29.2. The second kappa shape index (κ2) is 160. The molecular formula is C22H23CrCu2Mo6N4O28-33. The van der Waals surface area contributed by atoms with E-state index in [-0.39, 0.29) is 309 Å². The standard InChI is InChI=1S/2C10H8N2.C2H2O4.Cr.2Cu.6Mo.7H2O.17O/c2*1-3-7-11-9(5-1)10-6-2-4-8-12-10;3-1(4)2(5)6;;;;;;;;;;;;;;;;;;;;;;;;;;;;;;;;;/h2*1-8H;(H,3,4)(H,5,6);;;;;;;;;;7*1H2;;;;;;;;;;;;;;;;;/q;;;+6;2*+2;;;;;;;;;;;;;;17*-2/p-9. The molecule has 4 rings (SSSR count). The zero-order chi connectivity index (χ0) is 21.6. The molecule has 0 aromatic carbocycles. The summed E-state index contributed by atoms with van der Waals surface area (Å²) in [6.45, 7) is 0. The summed E-state index contributed by atoms with van der Waals surface area (Å²) < 4.78 is 0. The van der Waals surface area contributed by atoms with Crippen LogP contribution in [0.4, 0.5) is 0 Å². The van der Waals surface area contributed by atoms with E-state index < -0.39 is 11.9 Å². The van der Waals surface area contributed by atoms with Gasteiger partial charge in [-0.2, -0.15) is 0 Å². The van der Waals surface area contributed by atoms with Gasteiger partial charge in [-0.05, 0) is 48.5 Å². The minimum absolute atomic E-state index is 0. The molecule has 4 heterocycles. The SMILES string of the molecule is O=C([O-])C(=O)[O-].[Cr+6].[Cu+2].[Cu+2].[Mo].[Mo].[Mo].[Mo].[Mo].[Mo].[O-2].[O-2].[O-2].[O-2].[O-2].[O-2].[O-2].[O-2].[O-2].[O-2].[O-2].[O-2].[O-2].[O-2].[O-2].[O-2].[O-2].[OH-].[OH-].[OH-].[OH-].[OH-].[OH-].[OH-].c1ccc(-c2ccccn2)nc1.c1ccc(-c2ccccn2)nc1. The normalized spacial score (nSPS) is 4.38. The van der Waals surface area contributed by atoms with Gasteiger partial charge in [0.15, 0.2) is 0 Å². The van der Waals surface area contributed by atoms with Crippen molar-refractivity contribution in [3.8, 4) is 22.8 Å². The second-order valence-corrected chi connectivity index (χ2v) is 5.43. The van der Waals surface area contributed by atoms with E-state index in [1.165, 1.54) is 0 Å².